The average molecular weight is 521 g/mol. The van der Waals surface area contributed by atoms with E-state index in [0.717, 1.165) is 46.5 Å². The Bertz CT molecular complexity index is 975. The van der Waals surface area contributed by atoms with Crippen LogP contribution >= 0.6 is 31.9 Å². The smallest absolute Gasteiger partial charge is 0.166 e. The third-order valence-electron chi connectivity index (χ3n) is 6.43. The second kappa shape index (κ2) is 7.41. The van der Waals surface area contributed by atoms with Gasteiger partial charge in [0.2, 0.25) is 0 Å². The van der Waals surface area contributed by atoms with E-state index in [0.29, 0.717) is 6.42 Å². The van der Waals surface area contributed by atoms with E-state index < -0.39 is 6.10 Å². The Morgan fingerprint density at radius 3 is 2.83 bits per heavy atom. The standard InChI is InChI=1S/C23H23Br2NO3/c1-28-19-11-18(25)17-13-26(12-14-2-4-15(24)5-3-14)9-8-23-7-6-16(27)10-20(23)29-22(19)21(17)23/h2-7,11,16,20,27H,8-10,12-13H2,1H3/t16-,20+,23?/m1/s1. The Balaban J connectivity index is 1.58. The summed E-state index contributed by atoms with van der Waals surface area (Å²) in [6.45, 7) is 2.70. The molecule has 5 rings (SSSR count). The van der Waals surface area contributed by atoms with Gasteiger partial charge in [0.1, 0.15) is 6.10 Å². The molecule has 2 heterocycles. The van der Waals surface area contributed by atoms with Gasteiger partial charge in [0.05, 0.1) is 18.6 Å². The Morgan fingerprint density at radius 2 is 2.07 bits per heavy atom. The largest absolute Gasteiger partial charge is 0.493 e. The zero-order valence-corrected chi connectivity index (χ0v) is 19.4. The average Bonchev–Trinajstić information content (AvgIpc) is 2.94. The molecule has 29 heavy (non-hydrogen) atoms. The number of hydrogen-bond donors (Lipinski definition) is 1. The highest BCUT2D eigenvalue weighted by atomic mass is 79.9. The molecule has 3 atom stereocenters. The van der Waals surface area contributed by atoms with Crippen LogP contribution in [0, 0.1) is 0 Å². The van der Waals surface area contributed by atoms with Crippen molar-refractivity contribution in [3.05, 3.63) is 68.1 Å². The molecule has 3 aliphatic rings. The summed E-state index contributed by atoms with van der Waals surface area (Å²) >= 11 is 7.32. The molecule has 0 amide bonds. The second-order valence-corrected chi connectivity index (χ2v) is 9.91. The van der Waals surface area contributed by atoms with Gasteiger partial charge in [-0.3, -0.25) is 4.90 Å². The fourth-order valence-corrected chi connectivity index (χ4v) is 5.80. The summed E-state index contributed by atoms with van der Waals surface area (Å²) in [7, 11) is 1.68. The molecule has 4 nitrogen and oxygen atoms in total. The molecule has 2 aromatic carbocycles. The van der Waals surface area contributed by atoms with Gasteiger partial charge in [-0.05, 0) is 35.7 Å². The number of ether oxygens (including phenoxy) is 2. The molecule has 0 fully saturated rings. The summed E-state index contributed by atoms with van der Waals surface area (Å²) in [5.74, 6) is 1.61. The number of halogens is 2. The summed E-state index contributed by atoms with van der Waals surface area (Å²) in [6, 6.07) is 10.6. The first-order chi connectivity index (χ1) is 14.0. The van der Waals surface area contributed by atoms with Crippen molar-refractivity contribution in [2.45, 2.75) is 43.6 Å². The molecule has 1 unspecified atom stereocenters. The lowest BCUT2D eigenvalue weighted by atomic mass is 9.69. The summed E-state index contributed by atoms with van der Waals surface area (Å²) in [4.78, 5) is 2.50. The molecule has 6 heteroatoms. The summed E-state index contributed by atoms with van der Waals surface area (Å²) in [6.07, 6.45) is 5.17. The third-order valence-corrected chi connectivity index (χ3v) is 7.67. The van der Waals surface area contributed by atoms with Gasteiger partial charge < -0.3 is 14.6 Å². The molecule has 1 spiro atoms. The van der Waals surface area contributed by atoms with Crippen LogP contribution in [0.2, 0.25) is 0 Å². The number of aliphatic hydroxyl groups excluding tert-OH is 1. The molecule has 2 aromatic rings. The fraction of sp³-hybridized carbons (Fsp3) is 0.391. The third kappa shape index (κ3) is 3.25. The normalized spacial score (nSPS) is 27.7. The van der Waals surface area contributed by atoms with E-state index in [-0.39, 0.29) is 11.5 Å². The van der Waals surface area contributed by atoms with Gasteiger partial charge in [0, 0.05) is 40.6 Å². The Hall–Kier alpha value is -1.34. The fourth-order valence-electron chi connectivity index (χ4n) is 5.00. The highest BCUT2D eigenvalue weighted by molar-refractivity contribution is 9.10. The van der Waals surface area contributed by atoms with E-state index in [2.05, 4.69) is 67.1 Å². The van der Waals surface area contributed by atoms with Crippen molar-refractivity contribution >= 4 is 31.9 Å². The summed E-state index contributed by atoms with van der Waals surface area (Å²) in [5.41, 5.74) is 3.58. The molecule has 2 aliphatic heterocycles. The lowest BCUT2D eigenvalue weighted by Gasteiger charge is -2.36. The van der Waals surface area contributed by atoms with Crippen molar-refractivity contribution in [3.8, 4) is 11.5 Å². The van der Waals surface area contributed by atoms with Gasteiger partial charge in [-0.15, -0.1) is 0 Å². The molecule has 152 valence electrons. The molecular formula is C23H23Br2NO3. The van der Waals surface area contributed by atoms with Gasteiger partial charge in [-0.2, -0.15) is 0 Å². The van der Waals surface area contributed by atoms with Crippen LogP contribution in [0.1, 0.15) is 29.5 Å². The zero-order valence-electron chi connectivity index (χ0n) is 16.2. The van der Waals surface area contributed by atoms with Gasteiger partial charge in [0.25, 0.3) is 0 Å². The van der Waals surface area contributed by atoms with Crippen LogP contribution in [-0.2, 0) is 18.5 Å². The van der Waals surface area contributed by atoms with Gasteiger partial charge in [0.15, 0.2) is 11.5 Å². The number of benzene rings is 2. The first-order valence-corrected chi connectivity index (χ1v) is 11.5. The predicted octanol–water partition coefficient (Wildman–Crippen LogP) is 4.95. The maximum Gasteiger partial charge on any atom is 0.166 e. The van der Waals surface area contributed by atoms with Crippen molar-refractivity contribution in [3.63, 3.8) is 0 Å². The van der Waals surface area contributed by atoms with Gasteiger partial charge in [-0.1, -0.05) is 56.1 Å². The highest BCUT2D eigenvalue weighted by Crippen LogP contribution is 2.57. The van der Waals surface area contributed by atoms with E-state index >= 15 is 0 Å². The van der Waals surface area contributed by atoms with Crippen LogP contribution < -0.4 is 9.47 Å². The lowest BCUT2D eigenvalue weighted by Crippen LogP contribution is -2.43. The van der Waals surface area contributed by atoms with Crippen molar-refractivity contribution in [2.24, 2.45) is 0 Å². The molecule has 0 bridgehead atoms. The molecule has 0 saturated heterocycles. The van der Waals surface area contributed by atoms with E-state index in [4.69, 9.17) is 9.47 Å². The monoisotopic (exact) mass is 519 g/mol. The molecule has 0 saturated carbocycles. The molecule has 0 aromatic heterocycles. The SMILES string of the molecule is COc1cc(Br)c2c3c1O[C@H]1C[C@H](O)C=CC31CCN(Cc1ccc(Br)cc1)C2. The predicted molar refractivity (Wildman–Crippen MR) is 119 cm³/mol. The first kappa shape index (κ1) is 19.6. The lowest BCUT2D eigenvalue weighted by molar-refractivity contribution is 0.0806. The maximum atomic E-state index is 10.2. The highest BCUT2D eigenvalue weighted by Gasteiger charge is 2.53. The number of hydrogen-bond acceptors (Lipinski definition) is 4. The van der Waals surface area contributed by atoms with E-state index in [9.17, 15) is 5.11 Å². The van der Waals surface area contributed by atoms with Crippen LogP contribution in [0.4, 0.5) is 0 Å². The first-order valence-electron chi connectivity index (χ1n) is 9.91. The number of nitrogens with zero attached hydrogens (tertiary/aromatic N) is 1. The number of rotatable bonds is 3. The quantitative estimate of drug-likeness (QED) is 0.582. The molecule has 1 aliphatic carbocycles. The molecule has 0 radical (unpaired) electrons. The van der Waals surface area contributed by atoms with Crippen molar-refractivity contribution in [2.75, 3.05) is 13.7 Å². The van der Waals surface area contributed by atoms with E-state index in [1.807, 2.05) is 12.1 Å². The van der Waals surface area contributed by atoms with Crippen LogP contribution in [0.15, 0.2) is 51.4 Å². The Labute approximate surface area is 187 Å². The second-order valence-electron chi connectivity index (χ2n) is 8.14. The Kier molecular flexibility index (Phi) is 5.01. The minimum atomic E-state index is -0.458. The Morgan fingerprint density at radius 1 is 1.28 bits per heavy atom. The maximum absolute atomic E-state index is 10.2. The van der Waals surface area contributed by atoms with Crippen LogP contribution in [0.25, 0.3) is 0 Å². The van der Waals surface area contributed by atoms with Crippen LogP contribution in [0.3, 0.4) is 0 Å². The van der Waals surface area contributed by atoms with Gasteiger partial charge >= 0.3 is 0 Å². The van der Waals surface area contributed by atoms with Crippen molar-refractivity contribution in [1.82, 2.24) is 4.90 Å². The van der Waals surface area contributed by atoms with Gasteiger partial charge in [-0.25, -0.2) is 0 Å². The van der Waals surface area contributed by atoms with E-state index in [1.165, 1.54) is 16.7 Å². The zero-order chi connectivity index (χ0) is 20.2. The van der Waals surface area contributed by atoms with Crippen LogP contribution in [-0.4, -0.2) is 35.9 Å². The summed E-state index contributed by atoms with van der Waals surface area (Å²) in [5, 5.41) is 10.2. The topological polar surface area (TPSA) is 41.9 Å². The van der Waals surface area contributed by atoms with E-state index in [1.54, 1.807) is 7.11 Å². The van der Waals surface area contributed by atoms with Crippen molar-refractivity contribution < 1.29 is 14.6 Å². The molecular weight excluding hydrogens is 498 g/mol. The number of methoxy groups -OCH3 is 1. The minimum Gasteiger partial charge on any atom is -0.493 e. The minimum absolute atomic E-state index is 0.0629. The number of aliphatic hydroxyl groups is 1. The van der Waals surface area contributed by atoms with Crippen molar-refractivity contribution in [1.29, 1.82) is 0 Å². The summed E-state index contributed by atoms with van der Waals surface area (Å²) < 4.78 is 14.2. The van der Waals surface area contributed by atoms with Crippen LogP contribution in [0.5, 0.6) is 11.5 Å². The molecule has 1 N–H and O–H groups in total.